The van der Waals surface area contributed by atoms with E-state index in [4.69, 9.17) is 10.5 Å². The fraction of sp³-hybridized carbons (Fsp3) is 0.158. The van der Waals surface area contributed by atoms with E-state index in [0.717, 1.165) is 9.13 Å². The zero-order chi connectivity index (χ0) is 19.6. The van der Waals surface area contributed by atoms with Gasteiger partial charge in [-0.15, -0.1) is 0 Å². The molecule has 2 heterocycles. The van der Waals surface area contributed by atoms with Gasteiger partial charge in [-0.3, -0.25) is 9.78 Å². The highest BCUT2D eigenvalue weighted by Crippen LogP contribution is 2.29. The quantitative estimate of drug-likeness (QED) is 0.643. The number of nitrogens with zero attached hydrogens (tertiary/aromatic N) is 2. The summed E-state index contributed by atoms with van der Waals surface area (Å²) >= 11 is 2.03. The number of hydrogen-bond donors (Lipinski definition) is 2. The summed E-state index contributed by atoms with van der Waals surface area (Å²) in [5.74, 6) is 0.105. The van der Waals surface area contributed by atoms with E-state index >= 15 is 0 Å². The second-order valence-electron chi connectivity index (χ2n) is 6.03. The Morgan fingerprint density at radius 1 is 1.41 bits per heavy atom. The van der Waals surface area contributed by atoms with Gasteiger partial charge in [0, 0.05) is 23.4 Å². The largest absolute Gasteiger partial charge is 0.455 e. The predicted molar refractivity (Wildman–Crippen MR) is 109 cm³/mol. The van der Waals surface area contributed by atoms with Gasteiger partial charge in [0.15, 0.2) is 0 Å². The van der Waals surface area contributed by atoms with Crippen LogP contribution in [0, 0.1) is 16.3 Å². The Hall–Kier alpha value is -2.62. The molecule has 6 nitrogen and oxygen atoms in total. The molecule has 1 aliphatic rings. The van der Waals surface area contributed by atoms with Crippen LogP contribution in [0.1, 0.15) is 5.56 Å². The summed E-state index contributed by atoms with van der Waals surface area (Å²) in [5, 5.41) is 2.98. The number of halogens is 2. The van der Waals surface area contributed by atoms with Crippen molar-refractivity contribution in [3.63, 3.8) is 0 Å². The van der Waals surface area contributed by atoms with Gasteiger partial charge in [-0.05, 0) is 65.4 Å². The number of aryl methyl sites for hydroxylation is 1. The zero-order valence-electron chi connectivity index (χ0n) is 14.8. The molecule has 8 heteroatoms. The van der Waals surface area contributed by atoms with Crippen molar-refractivity contribution in [1.82, 2.24) is 9.88 Å². The highest BCUT2D eigenvalue weighted by molar-refractivity contribution is 14.1. The summed E-state index contributed by atoms with van der Waals surface area (Å²) < 4.78 is 21.0. The number of ether oxygens (including phenoxy) is 1. The molecule has 3 N–H and O–H groups in total. The molecule has 1 aromatic heterocycles. The zero-order valence-corrected chi connectivity index (χ0v) is 17.0. The maximum atomic E-state index is 14.3. The van der Waals surface area contributed by atoms with Crippen LogP contribution in [0.5, 0.6) is 5.75 Å². The van der Waals surface area contributed by atoms with Crippen LogP contribution in [0.2, 0.25) is 0 Å². The molecule has 0 bridgehead atoms. The predicted octanol–water partition coefficient (Wildman–Crippen LogP) is 3.15. The molecule has 27 heavy (non-hydrogen) atoms. The summed E-state index contributed by atoms with van der Waals surface area (Å²) in [4.78, 5) is 18.0. The highest BCUT2D eigenvalue weighted by atomic mass is 127. The van der Waals surface area contributed by atoms with Gasteiger partial charge in [0.2, 0.25) is 0 Å². The van der Waals surface area contributed by atoms with E-state index in [0.29, 0.717) is 23.9 Å². The number of carbonyl (C=O) groups is 1. The molecule has 0 radical (unpaired) electrons. The van der Waals surface area contributed by atoms with Gasteiger partial charge in [-0.2, -0.15) is 0 Å². The summed E-state index contributed by atoms with van der Waals surface area (Å²) in [6.45, 7) is 2.33. The first-order valence-corrected chi connectivity index (χ1v) is 9.21. The topological polar surface area (TPSA) is 80.5 Å². The maximum Gasteiger partial charge on any atom is 0.256 e. The van der Waals surface area contributed by atoms with E-state index < -0.39 is 11.7 Å². The van der Waals surface area contributed by atoms with Crippen molar-refractivity contribution in [1.29, 1.82) is 0 Å². The molecule has 0 saturated heterocycles. The lowest BCUT2D eigenvalue weighted by Crippen LogP contribution is -2.34. The van der Waals surface area contributed by atoms with Gasteiger partial charge >= 0.3 is 0 Å². The molecule has 0 saturated carbocycles. The molecule has 3 rings (SSSR count). The summed E-state index contributed by atoms with van der Waals surface area (Å²) in [7, 11) is 1.78. The van der Waals surface area contributed by atoms with Crippen LogP contribution in [-0.2, 0) is 4.79 Å². The lowest BCUT2D eigenvalue weighted by molar-refractivity contribution is -0.114. The molecule has 140 valence electrons. The van der Waals surface area contributed by atoms with E-state index in [9.17, 15) is 9.18 Å². The third-order valence-corrected chi connectivity index (χ3v) is 4.73. The average Bonchev–Trinajstić information content (AvgIpc) is 2.61. The van der Waals surface area contributed by atoms with Crippen LogP contribution in [0.4, 0.5) is 10.1 Å². The second kappa shape index (κ2) is 7.95. The molecule has 1 aromatic carbocycles. The van der Waals surface area contributed by atoms with Crippen LogP contribution in [-0.4, -0.2) is 29.4 Å². The van der Waals surface area contributed by atoms with Crippen LogP contribution in [0.3, 0.4) is 0 Å². The summed E-state index contributed by atoms with van der Waals surface area (Å²) in [5.41, 5.74) is 6.88. The number of hydrogen-bond acceptors (Lipinski definition) is 5. The van der Waals surface area contributed by atoms with Gasteiger partial charge in [0.1, 0.15) is 28.7 Å². The first kappa shape index (κ1) is 19.2. The number of aromatic nitrogens is 1. The van der Waals surface area contributed by atoms with Crippen LogP contribution in [0.25, 0.3) is 0 Å². The number of nitrogens with one attached hydrogen (secondary N) is 1. The van der Waals surface area contributed by atoms with Crippen molar-refractivity contribution < 1.29 is 13.9 Å². The number of pyridine rings is 1. The molecule has 0 unspecified atom stereocenters. The highest BCUT2D eigenvalue weighted by Gasteiger charge is 2.27. The maximum absolute atomic E-state index is 14.3. The van der Waals surface area contributed by atoms with Gasteiger partial charge in [-0.1, -0.05) is 0 Å². The molecular weight excluding hydrogens is 462 g/mol. The van der Waals surface area contributed by atoms with E-state index in [1.54, 1.807) is 48.6 Å². The Balaban J connectivity index is 2.00. The van der Waals surface area contributed by atoms with Crippen LogP contribution < -0.4 is 15.8 Å². The van der Waals surface area contributed by atoms with Crippen molar-refractivity contribution in [2.24, 2.45) is 5.73 Å². The van der Waals surface area contributed by atoms with Crippen LogP contribution in [0.15, 0.2) is 59.9 Å². The van der Waals surface area contributed by atoms with Crippen molar-refractivity contribution >= 4 is 34.2 Å². The SMILES string of the molecule is Cc1ccncc1OC1=CCN(C)C(Nc2ccc(I)cc2F)=C1C(N)=O. The molecule has 0 fully saturated rings. The Morgan fingerprint density at radius 3 is 2.85 bits per heavy atom. The number of rotatable bonds is 5. The smallest absolute Gasteiger partial charge is 0.256 e. The molecule has 2 aromatic rings. The average molecular weight is 480 g/mol. The lowest BCUT2D eigenvalue weighted by Gasteiger charge is -2.30. The molecule has 0 atom stereocenters. The molecule has 0 spiro atoms. The number of anilines is 1. The first-order chi connectivity index (χ1) is 12.9. The Labute approximate surface area is 170 Å². The molecular formula is C19H18FIN4O2. The number of carbonyl (C=O) groups excluding carboxylic acids is 1. The summed E-state index contributed by atoms with van der Waals surface area (Å²) in [6.07, 6.45) is 4.98. The third-order valence-electron chi connectivity index (χ3n) is 4.06. The number of primary amides is 1. The Bertz CT molecular complexity index is 958. The van der Waals surface area contributed by atoms with Gasteiger partial charge in [0.05, 0.1) is 11.9 Å². The minimum atomic E-state index is -0.678. The van der Waals surface area contributed by atoms with Crippen molar-refractivity contribution in [2.75, 3.05) is 18.9 Å². The van der Waals surface area contributed by atoms with E-state index in [2.05, 4.69) is 10.3 Å². The standard InChI is InChI=1S/C19H18FIN4O2/c1-11-5-7-23-10-16(11)27-15-6-8-25(2)19(17(15)18(22)26)24-14-4-3-12(21)9-13(14)20/h3-7,9-10,24H,8H2,1-2H3,(H2,22,26). The van der Waals surface area contributed by atoms with E-state index in [1.807, 2.05) is 29.5 Å². The lowest BCUT2D eigenvalue weighted by atomic mass is 10.1. The third kappa shape index (κ3) is 4.21. The van der Waals surface area contributed by atoms with E-state index in [-0.39, 0.29) is 11.3 Å². The van der Waals surface area contributed by atoms with Gasteiger partial charge in [-0.25, -0.2) is 4.39 Å². The number of amides is 1. The summed E-state index contributed by atoms with van der Waals surface area (Å²) in [6, 6.07) is 6.59. The number of nitrogens with two attached hydrogens (primary N) is 1. The second-order valence-corrected chi connectivity index (χ2v) is 7.27. The van der Waals surface area contributed by atoms with E-state index in [1.165, 1.54) is 6.07 Å². The number of benzene rings is 1. The van der Waals surface area contributed by atoms with Gasteiger partial charge in [0.25, 0.3) is 5.91 Å². The normalized spacial score (nSPS) is 14.1. The monoisotopic (exact) mass is 480 g/mol. The molecule has 1 amide bonds. The first-order valence-electron chi connectivity index (χ1n) is 8.13. The minimum Gasteiger partial charge on any atom is -0.455 e. The van der Waals surface area contributed by atoms with Crippen molar-refractivity contribution in [2.45, 2.75) is 6.92 Å². The fourth-order valence-corrected chi connectivity index (χ4v) is 3.06. The van der Waals surface area contributed by atoms with Crippen LogP contribution >= 0.6 is 22.6 Å². The van der Waals surface area contributed by atoms with Crippen molar-refractivity contribution in [3.8, 4) is 5.75 Å². The number of likely N-dealkylation sites (N-methyl/N-ethyl adjacent to an activating group) is 1. The molecule has 0 aliphatic carbocycles. The fourth-order valence-electron chi connectivity index (χ4n) is 2.60. The van der Waals surface area contributed by atoms with Crippen molar-refractivity contribution in [3.05, 3.63) is 74.8 Å². The minimum absolute atomic E-state index is 0.143. The molecule has 1 aliphatic heterocycles. The Morgan fingerprint density at radius 2 is 2.19 bits per heavy atom. The Kier molecular flexibility index (Phi) is 5.64. The van der Waals surface area contributed by atoms with Gasteiger partial charge < -0.3 is 20.7 Å².